The standard InChI is InChI=1S/C21H24N2O3S/c1-13-11-15(12-14(2)18(13)26-10-6-9-23(3)4)17-16-7-5-8-22-20(16)27-19(17)21(24)25/h5,7-8,11-12H,6,9-10H2,1-4H3,(H,24,25). The Hall–Kier alpha value is -2.44. The number of benzene rings is 1. The Balaban J connectivity index is 1.98. The molecule has 0 aliphatic rings. The van der Waals surface area contributed by atoms with Gasteiger partial charge in [-0.3, -0.25) is 0 Å². The number of aromatic nitrogens is 1. The van der Waals surface area contributed by atoms with Gasteiger partial charge in [0.1, 0.15) is 15.5 Å². The fourth-order valence-electron chi connectivity index (χ4n) is 3.25. The molecule has 1 aromatic carbocycles. The van der Waals surface area contributed by atoms with Crippen LogP contribution in [-0.2, 0) is 0 Å². The Bertz CT molecular complexity index is 956. The van der Waals surface area contributed by atoms with Gasteiger partial charge in [0.05, 0.1) is 6.61 Å². The molecule has 0 atom stereocenters. The van der Waals surface area contributed by atoms with Crippen LogP contribution in [0.5, 0.6) is 5.75 Å². The molecule has 0 unspecified atom stereocenters. The lowest BCUT2D eigenvalue weighted by Gasteiger charge is -2.15. The molecule has 0 aliphatic carbocycles. The molecule has 0 radical (unpaired) electrons. The summed E-state index contributed by atoms with van der Waals surface area (Å²) in [6, 6.07) is 7.79. The number of hydrogen-bond donors (Lipinski definition) is 1. The van der Waals surface area contributed by atoms with Crippen LogP contribution in [-0.4, -0.2) is 48.2 Å². The Kier molecular flexibility index (Phi) is 5.77. The van der Waals surface area contributed by atoms with Gasteiger partial charge in [-0.1, -0.05) is 0 Å². The summed E-state index contributed by atoms with van der Waals surface area (Å²) in [7, 11) is 4.09. The molecule has 6 heteroatoms. The number of aryl methyl sites for hydroxylation is 2. The number of thiophene rings is 1. The highest BCUT2D eigenvalue weighted by Crippen LogP contribution is 2.40. The van der Waals surface area contributed by atoms with Crippen molar-refractivity contribution in [2.45, 2.75) is 20.3 Å². The van der Waals surface area contributed by atoms with Crippen LogP contribution >= 0.6 is 11.3 Å². The second kappa shape index (κ2) is 8.06. The van der Waals surface area contributed by atoms with Gasteiger partial charge in [-0.05, 0) is 75.3 Å². The molecule has 1 N–H and O–H groups in total. The van der Waals surface area contributed by atoms with Crippen LogP contribution in [0.3, 0.4) is 0 Å². The molecule has 0 saturated carbocycles. The van der Waals surface area contributed by atoms with Crippen molar-refractivity contribution in [3.05, 3.63) is 46.5 Å². The monoisotopic (exact) mass is 384 g/mol. The minimum absolute atomic E-state index is 0.321. The van der Waals surface area contributed by atoms with Gasteiger partial charge < -0.3 is 14.7 Å². The molecule has 3 aromatic rings. The molecule has 0 bridgehead atoms. The summed E-state index contributed by atoms with van der Waals surface area (Å²) in [6.07, 6.45) is 2.65. The lowest BCUT2D eigenvalue weighted by Crippen LogP contribution is -2.15. The van der Waals surface area contributed by atoms with Gasteiger partial charge in [-0.25, -0.2) is 9.78 Å². The zero-order chi connectivity index (χ0) is 19.6. The molecule has 2 heterocycles. The smallest absolute Gasteiger partial charge is 0.346 e. The number of aromatic carboxylic acids is 1. The number of hydrogen-bond acceptors (Lipinski definition) is 5. The maximum Gasteiger partial charge on any atom is 0.346 e. The van der Waals surface area contributed by atoms with E-state index in [0.29, 0.717) is 11.5 Å². The van der Waals surface area contributed by atoms with E-state index in [1.54, 1.807) is 6.20 Å². The number of carboxylic acid groups (broad SMARTS) is 1. The first-order chi connectivity index (χ1) is 12.9. The number of nitrogens with zero attached hydrogens (tertiary/aromatic N) is 2. The molecular weight excluding hydrogens is 360 g/mol. The largest absolute Gasteiger partial charge is 0.493 e. The van der Waals surface area contributed by atoms with E-state index in [0.717, 1.165) is 51.2 Å². The van der Waals surface area contributed by atoms with Crippen molar-refractivity contribution in [2.24, 2.45) is 0 Å². The van der Waals surface area contributed by atoms with Crippen LogP contribution < -0.4 is 4.74 Å². The Morgan fingerprint density at radius 1 is 1.26 bits per heavy atom. The lowest BCUT2D eigenvalue weighted by atomic mass is 9.98. The van der Waals surface area contributed by atoms with Crippen molar-refractivity contribution >= 4 is 27.5 Å². The highest BCUT2D eigenvalue weighted by Gasteiger charge is 2.21. The molecule has 0 fully saturated rings. The number of carboxylic acids is 1. The SMILES string of the molecule is Cc1cc(-c2c(C(=O)O)sc3ncccc23)cc(C)c1OCCCN(C)C. The van der Waals surface area contributed by atoms with Gasteiger partial charge in [0.25, 0.3) is 0 Å². The Morgan fingerprint density at radius 3 is 2.59 bits per heavy atom. The third-order valence-corrected chi connectivity index (χ3v) is 5.51. The van der Waals surface area contributed by atoms with Crippen LogP contribution in [0.25, 0.3) is 21.3 Å². The molecule has 3 rings (SSSR count). The van der Waals surface area contributed by atoms with E-state index in [9.17, 15) is 9.90 Å². The van der Waals surface area contributed by atoms with Gasteiger partial charge in [0.15, 0.2) is 0 Å². The van der Waals surface area contributed by atoms with E-state index < -0.39 is 5.97 Å². The summed E-state index contributed by atoms with van der Waals surface area (Å²) in [5, 5.41) is 10.5. The second-order valence-corrected chi connectivity index (χ2v) is 7.91. The molecule has 0 amide bonds. The van der Waals surface area contributed by atoms with Gasteiger partial charge in [-0.15, -0.1) is 11.3 Å². The van der Waals surface area contributed by atoms with Crippen LogP contribution in [0.4, 0.5) is 0 Å². The molecule has 5 nitrogen and oxygen atoms in total. The van der Waals surface area contributed by atoms with Crippen LogP contribution in [0, 0.1) is 13.8 Å². The summed E-state index contributed by atoms with van der Waals surface area (Å²) in [5.74, 6) is -0.0423. The Labute approximate surface area is 163 Å². The summed E-state index contributed by atoms with van der Waals surface area (Å²) < 4.78 is 6.00. The van der Waals surface area contributed by atoms with E-state index in [4.69, 9.17) is 4.74 Å². The fourth-order valence-corrected chi connectivity index (χ4v) is 4.25. The molecule has 142 valence electrons. The minimum Gasteiger partial charge on any atom is -0.493 e. The second-order valence-electron chi connectivity index (χ2n) is 6.91. The third-order valence-electron chi connectivity index (χ3n) is 4.41. The van der Waals surface area contributed by atoms with E-state index in [1.165, 1.54) is 11.3 Å². The van der Waals surface area contributed by atoms with Crippen LogP contribution in [0.2, 0.25) is 0 Å². The normalized spacial score (nSPS) is 11.3. The van der Waals surface area contributed by atoms with Crippen molar-refractivity contribution in [2.75, 3.05) is 27.2 Å². The topological polar surface area (TPSA) is 62.7 Å². The van der Waals surface area contributed by atoms with E-state index in [1.807, 2.05) is 52.2 Å². The number of carbonyl (C=O) groups is 1. The third kappa shape index (κ3) is 4.12. The maximum absolute atomic E-state index is 11.8. The van der Waals surface area contributed by atoms with Crippen molar-refractivity contribution in [3.63, 3.8) is 0 Å². The predicted octanol–water partition coefficient (Wildman–Crippen LogP) is 4.61. The van der Waals surface area contributed by atoms with E-state index in [2.05, 4.69) is 9.88 Å². The average Bonchev–Trinajstić information content (AvgIpc) is 3.00. The van der Waals surface area contributed by atoms with Gasteiger partial charge in [0, 0.05) is 23.7 Å². The number of ether oxygens (including phenoxy) is 1. The van der Waals surface area contributed by atoms with Crippen molar-refractivity contribution in [1.29, 1.82) is 0 Å². The van der Waals surface area contributed by atoms with Crippen molar-refractivity contribution in [3.8, 4) is 16.9 Å². The molecule has 2 aromatic heterocycles. The van der Waals surface area contributed by atoms with Crippen molar-refractivity contribution < 1.29 is 14.6 Å². The zero-order valence-corrected chi connectivity index (χ0v) is 16.9. The van der Waals surface area contributed by atoms with Gasteiger partial charge >= 0.3 is 5.97 Å². The minimum atomic E-state index is -0.924. The van der Waals surface area contributed by atoms with Gasteiger partial charge in [-0.2, -0.15) is 0 Å². The van der Waals surface area contributed by atoms with E-state index >= 15 is 0 Å². The number of rotatable bonds is 7. The summed E-state index contributed by atoms with van der Waals surface area (Å²) in [6.45, 7) is 5.65. The van der Waals surface area contributed by atoms with Gasteiger partial charge in [0.2, 0.25) is 0 Å². The summed E-state index contributed by atoms with van der Waals surface area (Å²) in [4.78, 5) is 19.3. The maximum atomic E-state index is 11.8. The predicted molar refractivity (Wildman–Crippen MR) is 110 cm³/mol. The van der Waals surface area contributed by atoms with Crippen LogP contribution in [0.15, 0.2) is 30.5 Å². The Morgan fingerprint density at radius 2 is 1.96 bits per heavy atom. The number of pyridine rings is 1. The first-order valence-electron chi connectivity index (χ1n) is 8.88. The average molecular weight is 385 g/mol. The number of fused-ring (bicyclic) bond motifs is 1. The first-order valence-corrected chi connectivity index (χ1v) is 9.70. The zero-order valence-electron chi connectivity index (χ0n) is 16.1. The summed E-state index contributed by atoms with van der Waals surface area (Å²) >= 11 is 1.22. The molecular formula is C21H24N2O3S. The highest BCUT2D eigenvalue weighted by atomic mass is 32.1. The molecule has 0 spiro atoms. The van der Waals surface area contributed by atoms with Crippen LogP contribution in [0.1, 0.15) is 27.2 Å². The quantitative estimate of drug-likeness (QED) is 0.603. The summed E-state index contributed by atoms with van der Waals surface area (Å²) in [5.41, 5.74) is 3.65. The van der Waals surface area contributed by atoms with Crippen molar-refractivity contribution in [1.82, 2.24) is 9.88 Å². The highest BCUT2D eigenvalue weighted by molar-refractivity contribution is 7.21. The molecule has 27 heavy (non-hydrogen) atoms. The molecule has 0 aliphatic heterocycles. The molecule has 0 saturated heterocycles. The first kappa shape index (κ1) is 19.3. The lowest BCUT2D eigenvalue weighted by molar-refractivity contribution is 0.0703. The van der Waals surface area contributed by atoms with E-state index in [-0.39, 0.29) is 0 Å². The fraction of sp³-hybridized carbons (Fsp3) is 0.333.